The second kappa shape index (κ2) is 8.12. The summed E-state index contributed by atoms with van der Waals surface area (Å²) in [6.07, 6.45) is -0.758. The lowest BCUT2D eigenvalue weighted by Crippen LogP contribution is -2.29. The molecule has 1 amide bonds. The van der Waals surface area contributed by atoms with E-state index in [2.05, 4.69) is 15.3 Å². The van der Waals surface area contributed by atoms with E-state index in [4.69, 9.17) is 0 Å². The van der Waals surface area contributed by atoms with E-state index < -0.39 is 17.8 Å². The minimum Gasteiger partial charge on any atom is -0.324 e. The molecule has 27 heavy (non-hydrogen) atoms. The van der Waals surface area contributed by atoms with Crippen molar-refractivity contribution in [1.29, 1.82) is 0 Å². The zero-order valence-electron chi connectivity index (χ0n) is 15.2. The van der Waals surface area contributed by atoms with Crippen molar-refractivity contribution in [3.8, 4) is 0 Å². The highest BCUT2D eigenvalue weighted by Crippen LogP contribution is 2.28. The van der Waals surface area contributed by atoms with E-state index >= 15 is 0 Å². The Morgan fingerprint density at radius 1 is 1.15 bits per heavy atom. The summed E-state index contributed by atoms with van der Waals surface area (Å²) in [5.41, 5.74) is 1.08. The van der Waals surface area contributed by atoms with Crippen molar-refractivity contribution in [3.05, 3.63) is 47.3 Å². The van der Waals surface area contributed by atoms with E-state index in [0.29, 0.717) is 5.69 Å². The van der Waals surface area contributed by atoms with Gasteiger partial charge in [-0.15, -0.1) is 0 Å². The molecule has 1 saturated heterocycles. The summed E-state index contributed by atoms with van der Waals surface area (Å²) in [7, 11) is 0. The maximum atomic E-state index is 12.7. The third-order valence-corrected chi connectivity index (χ3v) is 4.66. The Morgan fingerprint density at radius 3 is 2.41 bits per heavy atom. The average Bonchev–Trinajstić information content (AvgIpc) is 2.98. The van der Waals surface area contributed by atoms with Crippen molar-refractivity contribution >= 4 is 11.6 Å². The fourth-order valence-electron chi connectivity index (χ4n) is 3.21. The zero-order chi connectivity index (χ0) is 19.4. The summed E-state index contributed by atoms with van der Waals surface area (Å²) in [6.45, 7) is 4.34. The smallest absolute Gasteiger partial charge is 0.324 e. The first-order valence-electron chi connectivity index (χ1n) is 9.04. The predicted octanol–water partition coefficient (Wildman–Crippen LogP) is 3.83. The zero-order valence-corrected chi connectivity index (χ0v) is 15.2. The van der Waals surface area contributed by atoms with Crippen LogP contribution in [0, 0.1) is 6.92 Å². The Labute approximate surface area is 156 Å². The molecule has 0 radical (unpaired) electrons. The molecule has 5 nitrogen and oxygen atoms in total. The van der Waals surface area contributed by atoms with Crippen LogP contribution in [0.15, 0.2) is 30.3 Å². The molecule has 1 N–H and O–H groups in total. The molecule has 146 valence electrons. The Bertz CT molecular complexity index is 777. The van der Waals surface area contributed by atoms with Crippen LogP contribution < -0.4 is 5.32 Å². The van der Waals surface area contributed by atoms with Gasteiger partial charge in [0.05, 0.1) is 0 Å². The lowest BCUT2D eigenvalue weighted by molar-refractivity contribution is -0.141. The van der Waals surface area contributed by atoms with Crippen LogP contribution in [-0.4, -0.2) is 33.7 Å². The molecule has 0 spiro atoms. The van der Waals surface area contributed by atoms with Crippen LogP contribution in [0.4, 0.5) is 18.9 Å². The highest BCUT2D eigenvalue weighted by Gasteiger charge is 2.34. The van der Waals surface area contributed by atoms with Crippen LogP contribution in [0.25, 0.3) is 0 Å². The number of aromatic nitrogens is 2. The lowest BCUT2D eigenvalue weighted by Gasteiger charge is -2.26. The van der Waals surface area contributed by atoms with E-state index in [1.165, 1.54) is 31.7 Å². The Kier molecular flexibility index (Phi) is 5.84. The number of benzene rings is 1. The van der Waals surface area contributed by atoms with E-state index in [1.807, 2.05) is 24.3 Å². The molecule has 0 aliphatic carbocycles. The molecule has 1 aliphatic heterocycles. The van der Waals surface area contributed by atoms with Crippen molar-refractivity contribution in [2.24, 2.45) is 0 Å². The molecular weight excluding hydrogens is 357 g/mol. The monoisotopic (exact) mass is 380 g/mol. The van der Waals surface area contributed by atoms with Gasteiger partial charge in [-0.1, -0.05) is 18.6 Å². The van der Waals surface area contributed by atoms with E-state index in [9.17, 15) is 18.0 Å². The van der Waals surface area contributed by atoms with Crippen molar-refractivity contribution in [1.82, 2.24) is 14.7 Å². The van der Waals surface area contributed by atoms with E-state index in [0.717, 1.165) is 30.4 Å². The van der Waals surface area contributed by atoms with Crippen molar-refractivity contribution in [2.75, 3.05) is 18.4 Å². The Hall–Kier alpha value is -2.35. The first-order chi connectivity index (χ1) is 12.8. The number of rotatable bonds is 5. The summed E-state index contributed by atoms with van der Waals surface area (Å²) in [4.78, 5) is 14.5. The normalized spacial score (nSPS) is 15.7. The van der Waals surface area contributed by atoms with Gasteiger partial charge in [0.2, 0.25) is 5.91 Å². The van der Waals surface area contributed by atoms with E-state index in [-0.39, 0.29) is 12.2 Å². The number of amides is 1. The summed E-state index contributed by atoms with van der Waals surface area (Å²) in [5.74, 6) is -0.418. The molecule has 0 saturated carbocycles. The fourth-order valence-corrected chi connectivity index (χ4v) is 3.21. The number of halogens is 3. The predicted molar refractivity (Wildman–Crippen MR) is 96.2 cm³/mol. The van der Waals surface area contributed by atoms with Crippen LogP contribution in [0.3, 0.4) is 0 Å². The standard InChI is InChI=1S/C19H23F3N4O/c1-14-11-17(19(20,21)22)24-26(14)13-18(27)23-16-7-5-15(6-8-16)12-25-9-3-2-4-10-25/h5-8,11H,2-4,9-10,12-13H2,1H3,(H,23,27). The topological polar surface area (TPSA) is 50.2 Å². The number of likely N-dealkylation sites (tertiary alicyclic amines) is 1. The van der Waals surface area contributed by atoms with Crippen LogP contribution in [-0.2, 0) is 24.1 Å². The summed E-state index contributed by atoms with van der Waals surface area (Å²) in [5, 5.41) is 6.17. The number of alkyl halides is 3. The average molecular weight is 380 g/mol. The summed E-state index contributed by atoms with van der Waals surface area (Å²) >= 11 is 0. The van der Waals surface area contributed by atoms with Crippen LogP contribution in [0.1, 0.15) is 36.2 Å². The number of nitrogens with zero attached hydrogens (tertiary/aromatic N) is 3. The Morgan fingerprint density at radius 2 is 1.81 bits per heavy atom. The highest BCUT2D eigenvalue weighted by molar-refractivity contribution is 5.90. The number of hydrogen-bond acceptors (Lipinski definition) is 3. The summed E-state index contributed by atoms with van der Waals surface area (Å²) < 4.78 is 39.1. The van der Waals surface area contributed by atoms with Gasteiger partial charge in [0, 0.05) is 17.9 Å². The molecular formula is C19H23F3N4O. The number of piperidine rings is 1. The van der Waals surface area contributed by atoms with Crippen molar-refractivity contribution in [2.45, 2.75) is 45.5 Å². The SMILES string of the molecule is Cc1cc(C(F)(F)F)nn1CC(=O)Nc1ccc(CN2CCCCC2)cc1. The van der Waals surface area contributed by atoms with Crippen LogP contribution in [0.5, 0.6) is 0 Å². The molecule has 1 aromatic carbocycles. The molecule has 3 rings (SSSR count). The minimum atomic E-state index is -4.52. The van der Waals surface area contributed by atoms with Gasteiger partial charge in [-0.25, -0.2) is 0 Å². The largest absolute Gasteiger partial charge is 0.435 e. The second-order valence-corrected chi connectivity index (χ2v) is 6.91. The van der Waals surface area contributed by atoms with Gasteiger partial charge in [0.1, 0.15) is 6.54 Å². The maximum absolute atomic E-state index is 12.7. The van der Waals surface area contributed by atoms with Gasteiger partial charge in [-0.2, -0.15) is 18.3 Å². The number of anilines is 1. The number of hydrogen-bond donors (Lipinski definition) is 1. The number of aryl methyl sites for hydroxylation is 1. The highest BCUT2D eigenvalue weighted by atomic mass is 19.4. The molecule has 8 heteroatoms. The van der Waals surface area contributed by atoms with Gasteiger partial charge in [0.15, 0.2) is 5.69 Å². The molecule has 1 aliphatic rings. The minimum absolute atomic E-state index is 0.266. The molecule has 2 aromatic rings. The molecule has 0 atom stereocenters. The fraction of sp³-hybridized carbons (Fsp3) is 0.474. The third kappa shape index (κ3) is 5.32. The van der Waals surface area contributed by atoms with Crippen molar-refractivity contribution in [3.63, 3.8) is 0 Å². The molecule has 1 aromatic heterocycles. The first kappa shape index (κ1) is 19.4. The van der Waals surface area contributed by atoms with Crippen molar-refractivity contribution < 1.29 is 18.0 Å². The Balaban J connectivity index is 1.55. The molecule has 0 unspecified atom stereocenters. The van der Waals surface area contributed by atoms with Gasteiger partial charge in [-0.3, -0.25) is 14.4 Å². The van der Waals surface area contributed by atoms with E-state index in [1.54, 1.807) is 0 Å². The third-order valence-electron chi connectivity index (χ3n) is 4.66. The number of nitrogens with one attached hydrogen (secondary N) is 1. The molecule has 0 bridgehead atoms. The first-order valence-corrected chi connectivity index (χ1v) is 9.04. The quantitative estimate of drug-likeness (QED) is 0.858. The maximum Gasteiger partial charge on any atom is 0.435 e. The number of carbonyl (C=O) groups excluding carboxylic acids is 1. The lowest BCUT2D eigenvalue weighted by atomic mass is 10.1. The molecule has 1 fully saturated rings. The van der Waals surface area contributed by atoms with Gasteiger partial charge in [0.25, 0.3) is 0 Å². The summed E-state index contributed by atoms with van der Waals surface area (Å²) in [6, 6.07) is 8.49. The van der Waals surface area contributed by atoms with Gasteiger partial charge < -0.3 is 5.32 Å². The molecule has 2 heterocycles. The van der Waals surface area contributed by atoms with Gasteiger partial charge >= 0.3 is 6.18 Å². The number of carbonyl (C=O) groups is 1. The van der Waals surface area contributed by atoms with Gasteiger partial charge in [-0.05, 0) is 56.6 Å². The van der Waals surface area contributed by atoms with Crippen LogP contribution in [0.2, 0.25) is 0 Å². The second-order valence-electron chi connectivity index (χ2n) is 6.91. The van der Waals surface area contributed by atoms with Crippen LogP contribution >= 0.6 is 0 Å².